The molecule has 1 aromatic carbocycles. The molecule has 0 spiro atoms. The molecule has 142 valence electrons. The minimum Gasteiger partial charge on any atom is -0.379 e. The van der Waals surface area contributed by atoms with Crippen LogP contribution in [0.1, 0.15) is 12.0 Å². The van der Waals surface area contributed by atoms with Crippen LogP contribution in [0, 0.1) is 0 Å². The molecule has 0 bridgehead atoms. The van der Waals surface area contributed by atoms with Gasteiger partial charge in [-0.2, -0.15) is 0 Å². The lowest BCUT2D eigenvalue weighted by Crippen LogP contribution is -2.37. The average Bonchev–Trinajstić information content (AvgIpc) is 3.18. The first-order chi connectivity index (χ1) is 13.4. The molecule has 27 heavy (non-hydrogen) atoms. The zero-order valence-corrected chi connectivity index (χ0v) is 15.1. The van der Waals surface area contributed by atoms with Crippen molar-refractivity contribution >= 4 is 22.9 Å². The Morgan fingerprint density at radius 1 is 0.926 bits per heavy atom. The number of rotatable bonds is 8. The number of nitrogens with zero attached hydrogens (tertiary/aromatic N) is 5. The number of morpholine rings is 1. The maximum absolute atomic E-state index is 5.38. The number of aromatic nitrogens is 4. The van der Waals surface area contributed by atoms with Crippen LogP contribution in [0.2, 0.25) is 0 Å². The van der Waals surface area contributed by atoms with Gasteiger partial charge in [-0.25, -0.2) is 14.6 Å². The van der Waals surface area contributed by atoms with Gasteiger partial charge in [0, 0.05) is 26.2 Å². The van der Waals surface area contributed by atoms with Gasteiger partial charge in [0.2, 0.25) is 11.3 Å². The van der Waals surface area contributed by atoms with Gasteiger partial charge in [-0.15, -0.1) is 0 Å². The van der Waals surface area contributed by atoms with Gasteiger partial charge in [0.05, 0.1) is 13.2 Å². The lowest BCUT2D eigenvalue weighted by atomic mass is 10.2. The fourth-order valence-corrected chi connectivity index (χ4v) is 3.00. The summed E-state index contributed by atoms with van der Waals surface area (Å²) >= 11 is 0. The molecule has 0 saturated carbocycles. The van der Waals surface area contributed by atoms with Crippen molar-refractivity contribution in [2.75, 3.05) is 50.0 Å². The van der Waals surface area contributed by atoms with Crippen molar-refractivity contribution in [2.45, 2.75) is 13.0 Å². The summed E-state index contributed by atoms with van der Waals surface area (Å²) in [5.74, 6) is 1.31. The van der Waals surface area contributed by atoms with E-state index in [1.54, 1.807) is 0 Å². The fraction of sp³-hybridized carbons (Fsp3) is 0.444. The molecule has 2 N–H and O–H groups in total. The van der Waals surface area contributed by atoms with E-state index in [0.29, 0.717) is 29.5 Å². The zero-order valence-electron chi connectivity index (χ0n) is 15.1. The van der Waals surface area contributed by atoms with Crippen molar-refractivity contribution in [3.8, 4) is 0 Å². The van der Waals surface area contributed by atoms with E-state index in [0.717, 1.165) is 51.4 Å². The maximum Gasteiger partial charge on any atom is 0.245 e. The quantitative estimate of drug-likeness (QED) is 0.575. The van der Waals surface area contributed by atoms with Gasteiger partial charge in [-0.3, -0.25) is 4.90 Å². The molecular weight excluding hydrogens is 346 g/mol. The lowest BCUT2D eigenvalue weighted by Gasteiger charge is -2.26. The Kier molecular flexibility index (Phi) is 5.70. The van der Waals surface area contributed by atoms with E-state index >= 15 is 0 Å². The van der Waals surface area contributed by atoms with Crippen LogP contribution in [0.4, 0.5) is 11.6 Å². The Morgan fingerprint density at radius 2 is 1.63 bits per heavy atom. The second kappa shape index (κ2) is 8.74. The van der Waals surface area contributed by atoms with Crippen molar-refractivity contribution in [3.05, 3.63) is 35.9 Å². The Balaban J connectivity index is 1.38. The number of fused-ring (bicyclic) bond motifs is 1. The zero-order chi connectivity index (χ0) is 18.3. The fourth-order valence-electron chi connectivity index (χ4n) is 3.00. The van der Waals surface area contributed by atoms with Gasteiger partial charge >= 0.3 is 0 Å². The van der Waals surface area contributed by atoms with Crippen LogP contribution in [0.15, 0.2) is 35.0 Å². The molecule has 0 aliphatic carbocycles. The van der Waals surface area contributed by atoms with Crippen LogP contribution in [0.3, 0.4) is 0 Å². The molecule has 0 atom stereocenters. The molecule has 1 aliphatic rings. The van der Waals surface area contributed by atoms with E-state index in [1.165, 1.54) is 0 Å². The summed E-state index contributed by atoms with van der Waals surface area (Å²) in [5, 5.41) is 14.3. The summed E-state index contributed by atoms with van der Waals surface area (Å²) in [5.41, 5.74) is 1.95. The topological polar surface area (TPSA) is 101 Å². The maximum atomic E-state index is 5.38. The molecule has 3 heterocycles. The first kappa shape index (κ1) is 17.6. The van der Waals surface area contributed by atoms with Crippen molar-refractivity contribution in [1.82, 2.24) is 25.2 Å². The smallest absolute Gasteiger partial charge is 0.245 e. The van der Waals surface area contributed by atoms with E-state index in [4.69, 9.17) is 9.37 Å². The predicted molar refractivity (Wildman–Crippen MR) is 102 cm³/mol. The van der Waals surface area contributed by atoms with Crippen LogP contribution in [-0.2, 0) is 11.3 Å². The van der Waals surface area contributed by atoms with Gasteiger partial charge in [0.25, 0.3) is 0 Å². The molecule has 9 nitrogen and oxygen atoms in total. The molecule has 1 aliphatic heterocycles. The Labute approximate surface area is 157 Å². The van der Waals surface area contributed by atoms with Crippen LogP contribution >= 0.6 is 0 Å². The lowest BCUT2D eigenvalue weighted by molar-refractivity contribution is 0.0378. The largest absolute Gasteiger partial charge is 0.379 e. The van der Waals surface area contributed by atoms with E-state index in [-0.39, 0.29) is 0 Å². The Bertz CT molecular complexity index is 849. The first-order valence-electron chi connectivity index (χ1n) is 9.20. The van der Waals surface area contributed by atoms with E-state index < -0.39 is 0 Å². The summed E-state index contributed by atoms with van der Waals surface area (Å²) in [6.07, 6.45) is 1.01. The minimum absolute atomic E-state index is 0.393. The predicted octanol–water partition coefficient (Wildman–Crippen LogP) is 1.76. The monoisotopic (exact) mass is 369 g/mol. The van der Waals surface area contributed by atoms with Crippen molar-refractivity contribution in [1.29, 1.82) is 0 Å². The van der Waals surface area contributed by atoms with Crippen LogP contribution in [-0.4, -0.2) is 64.6 Å². The number of hydrogen-bond donors (Lipinski definition) is 2. The summed E-state index contributed by atoms with van der Waals surface area (Å²) < 4.78 is 10.1. The van der Waals surface area contributed by atoms with Gasteiger partial charge < -0.3 is 15.4 Å². The van der Waals surface area contributed by atoms with Gasteiger partial charge in [0.15, 0.2) is 11.6 Å². The highest BCUT2D eigenvalue weighted by Gasteiger charge is 2.13. The molecule has 0 unspecified atom stereocenters. The Hall–Kier alpha value is -2.78. The molecule has 3 aromatic rings. The molecule has 0 amide bonds. The molecular formula is C18H23N7O2. The van der Waals surface area contributed by atoms with Crippen molar-refractivity contribution in [2.24, 2.45) is 0 Å². The third kappa shape index (κ3) is 4.69. The third-order valence-corrected chi connectivity index (χ3v) is 4.46. The van der Waals surface area contributed by atoms with Crippen molar-refractivity contribution in [3.63, 3.8) is 0 Å². The third-order valence-electron chi connectivity index (χ3n) is 4.46. The van der Waals surface area contributed by atoms with E-state index in [9.17, 15) is 0 Å². The van der Waals surface area contributed by atoms with Crippen molar-refractivity contribution < 1.29 is 9.37 Å². The molecule has 2 aromatic heterocycles. The molecule has 1 saturated heterocycles. The first-order valence-corrected chi connectivity index (χ1v) is 9.20. The highest BCUT2D eigenvalue weighted by molar-refractivity contribution is 5.73. The average molecular weight is 369 g/mol. The number of hydrogen-bond acceptors (Lipinski definition) is 9. The molecule has 1 fully saturated rings. The standard InChI is InChI=1S/C18H23N7O2/c1-2-5-14(6-3-1)13-20-16-15(21-17-18(22-16)24-27-23-17)19-7-4-8-25-9-11-26-12-10-25/h1-3,5-6H,4,7-13H2,(H,19,21,23)(H,20,22,24). The van der Waals surface area contributed by atoms with Crippen LogP contribution < -0.4 is 10.6 Å². The summed E-state index contributed by atoms with van der Waals surface area (Å²) in [6, 6.07) is 10.1. The summed E-state index contributed by atoms with van der Waals surface area (Å²) in [7, 11) is 0. The van der Waals surface area contributed by atoms with E-state index in [1.807, 2.05) is 18.2 Å². The highest BCUT2D eigenvalue weighted by atomic mass is 16.6. The van der Waals surface area contributed by atoms with E-state index in [2.05, 4.69) is 47.9 Å². The number of nitrogens with one attached hydrogen (secondary N) is 2. The SMILES string of the molecule is c1ccc(CNc2nc3nonc3nc2NCCCN2CCOCC2)cc1. The van der Waals surface area contributed by atoms with Gasteiger partial charge in [-0.1, -0.05) is 30.3 Å². The minimum atomic E-state index is 0.393. The van der Waals surface area contributed by atoms with Gasteiger partial charge in [-0.05, 0) is 28.8 Å². The Morgan fingerprint density at radius 3 is 2.37 bits per heavy atom. The second-order valence-electron chi connectivity index (χ2n) is 6.41. The molecule has 0 radical (unpaired) electrons. The summed E-state index contributed by atoms with van der Waals surface area (Å²) in [6.45, 7) is 6.12. The van der Waals surface area contributed by atoms with Crippen LogP contribution in [0.25, 0.3) is 11.3 Å². The number of anilines is 2. The normalized spacial score (nSPS) is 15.1. The summed E-state index contributed by atoms with van der Waals surface area (Å²) in [4.78, 5) is 11.4. The number of benzene rings is 1. The van der Waals surface area contributed by atoms with Gasteiger partial charge in [0.1, 0.15) is 0 Å². The molecule has 4 rings (SSSR count). The van der Waals surface area contributed by atoms with Crippen LogP contribution in [0.5, 0.6) is 0 Å². The highest BCUT2D eigenvalue weighted by Crippen LogP contribution is 2.20. The second-order valence-corrected chi connectivity index (χ2v) is 6.41. The molecule has 9 heteroatoms. The number of ether oxygens (including phenoxy) is 1.